The van der Waals surface area contributed by atoms with E-state index in [2.05, 4.69) is 5.32 Å². The van der Waals surface area contributed by atoms with E-state index in [1.165, 1.54) is 0 Å². The van der Waals surface area contributed by atoms with Crippen LogP contribution in [0.1, 0.15) is 26.7 Å². The summed E-state index contributed by atoms with van der Waals surface area (Å²) < 4.78 is 57.9. The number of esters is 1. The van der Waals surface area contributed by atoms with Crippen LogP contribution in [0, 0.1) is 23.3 Å². The molecule has 7 heteroatoms. The Hall–Kier alpha value is -1.79. The summed E-state index contributed by atoms with van der Waals surface area (Å²) in [5.74, 6) is -6.96. The van der Waals surface area contributed by atoms with Crippen molar-refractivity contribution in [2.24, 2.45) is 0 Å². The minimum atomic E-state index is -1.57. The van der Waals surface area contributed by atoms with Crippen molar-refractivity contribution in [2.75, 3.05) is 11.9 Å². The van der Waals surface area contributed by atoms with Crippen molar-refractivity contribution in [1.82, 2.24) is 0 Å². The van der Waals surface area contributed by atoms with Gasteiger partial charge >= 0.3 is 5.97 Å². The fourth-order valence-electron chi connectivity index (χ4n) is 1.65. The Labute approximate surface area is 113 Å². The molecule has 0 aliphatic rings. The lowest BCUT2D eigenvalue weighted by Crippen LogP contribution is -2.32. The molecule has 0 radical (unpaired) electrons. The zero-order chi connectivity index (χ0) is 15.3. The van der Waals surface area contributed by atoms with Crippen molar-refractivity contribution < 1.29 is 27.1 Å². The molecule has 1 unspecified atom stereocenters. The molecule has 0 bridgehead atoms. The lowest BCUT2D eigenvalue weighted by molar-refractivity contribution is -0.144. The first kappa shape index (κ1) is 16.3. The molecule has 0 spiro atoms. The molecule has 0 fully saturated rings. The van der Waals surface area contributed by atoms with E-state index in [1.54, 1.807) is 13.8 Å². The van der Waals surface area contributed by atoms with E-state index in [9.17, 15) is 22.4 Å². The van der Waals surface area contributed by atoms with Crippen LogP contribution in [0.5, 0.6) is 0 Å². The Bertz CT molecular complexity index is 467. The lowest BCUT2D eigenvalue weighted by atomic mass is 10.1. The van der Waals surface area contributed by atoms with Crippen LogP contribution in [0.2, 0.25) is 0 Å². The summed E-state index contributed by atoms with van der Waals surface area (Å²) in [5.41, 5.74) is -1.01. The molecule has 20 heavy (non-hydrogen) atoms. The molecule has 0 saturated carbocycles. The molecule has 1 N–H and O–H groups in total. The number of carbonyl (C=O) groups is 1. The van der Waals surface area contributed by atoms with Gasteiger partial charge in [0.1, 0.15) is 11.7 Å². The van der Waals surface area contributed by atoms with Gasteiger partial charge in [-0.2, -0.15) is 0 Å². The molecule has 1 aromatic carbocycles. The maximum atomic E-state index is 13.5. The molecule has 0 aliphatic heterocycles. The molecule has 3 nitrogen and oxygen atoms in total. The topological polar surface area (TPSA) is 38.3 Å². The molecule has 1 rings (SSSR count). The number of hydrogen-bond acceptors (Lipinski definition) is 3. The summed E-state index contributed by atoms with van der Waals surface area (Å²) in [6, 6.07) is -0.972. The molecule has 1 aromatic rings. The van der Waals surface area contributed by atoms with Crippen molar-refractivity contribution in [3.63, 3.8) is 0 Å². The minimum Gasteiger partial charge on any atom is -0.464 e. The molecule has 0 saturated heterocycles. The summed E-state index contributed by atoms with van der Waals surface area (Å²) in [5, 5.41) is 2.18. The predicted octanol–water partition coefficient (Wildman–Crippen LogP) is 3.39. The molecule has 0 heterocycles. The van der Waals surface area contributed by atoms with Crippen molar-refractivity contribution in [1.29, 1.82) is 0 Å². The second-order valence-electron chi connectivity index (χ2n) is 4.08. The summed E-state index contributed by atoms with van der Waals surface area (Å²) >= 11 is 0. The number of nitrogens with one attached hydrogen (secondary N) is 1. The van der Waals surface area contributed by atoms with E-state index in [-0.39, 0.29) is 19.1 Å². The summed E-state index contributed by atoms with van der Waals surface area (Å²) in [6.07, 6.45) is 0.716. The highest BCUT2D eigenvalue weighted by molar-refractivity contribution is 5.79. The van der Waals surface area contributed by atoms with E-state index in [0.717, 1.165) is 0 Å². The zero-order valence-corrected chi connectivity index (χ0v) is 11.1. The first-order valence-electron chi connectivity index (χ1n) is 6.18. The quantitative estimate of drug-likeness (QED) is 0.496. The number of ether oxygens (including phenoxy) is 1. The summed E-state index contributed by atoms with van der Waals surface area (Å²) in [6.45, 7) is 3.40. The van der Waals surface area contributed by atoms with Gasteiger partial charge in [0, 0.05) is 6.07 Å². The van der Waals surface area contributed by atoms with Gasteiger partial charge in [-0.1, -0.05) is 13.3 Å². The molecule has 0 aliphatic carbocycles. The van der Waals surface area contributed by atoms with Gasteiger partial charge in [-0.3, -0.25) is 0 Å². The van der Waals surface area contributed by atoms with Crippen molar-refractivity contribution in [2.45, 2.75) is 32.7 Å². The summed E-state index contributed by atoms with van der Waals surface area (Å²) in [4.78, 5) is 11.6. The maximum Gasteiger partial charge on any atom is 0.328 e. The van der Waals surface area contributed by atoms with Crippen LogP contribution >= 0.6 is 0 Å². The highest BCUT2D eigenvalue weighted by atomic mass is 19.2. The van der Waals surface area contributed by atoms with Crippen molar-refractivity contribution in [3.05, 3.63) is 29.3 Å². The number of benzene rings is 1. The molecule has 112 valence electrons. The van der Waals surface area contributed by atoms with Gasteiger partial charge in [-0.15, -0.1) is 0 Å². The average molecular weight is 293 g/mol. The van der Waals surface area contributed by atoms with Gasteiger partial charge in [0.15, 0.2) is 23.3 Å². The summed E-state index contributed by atoms with van der Waals surface area (Å²) in [7, 11) is 0. The van der Waals surface area contributed by atoms with Crippen LogP contribution in [0.4, 0.5) is 23.2 Å². The fraction of sp³-hybridized carbons (Fsp3) is 0.462. The standard InChI is InChI=1S/C13H15F4NO2/c1-3-5-9(13(19)20-4-2)18-12-10(16)7(14)6-8(15)11(12)17/h6,9,18H,3-5H2,1-2H3. The van der Waals surface area contributed by atoms with Gasteiger partial charge in [-0.25, -0.2) is 22.4 Å². The Morgan fingerprint density at radius 1 is 1.20 bits per heavy atom. The van der Waals surface area contributed by atoms with E-state index in [1.807, 2.05) is 0 Å². The smallest absolute Gasteiger partial charge is 0.328 e. The third-order valence-corrected chi connectivity index (χ3v) is 2.58. The van der Waals surface area contributed by atoms with E-state index in [0.29, 0.717) is 6.42 Å². The van der Waals surface area contributed by atoms with Crippen LogP contribution in [0.15, 0.2) is 6.07 Å². The van der Waals surface area contributed by atoms with Gasteiger partial charge in [-0.05, 0) is 13.3 Å². The highest BCUT2D eigenvalue weighted by Gasteiger charge is 2.25. The largest absolute Gasteiger partial charge is 0.464 e. The Morgan fingerprint density at radius 3 is 2.20 bits per heavy atom. The SMILES string of the molecule is CCCC(Nc1c(F)c(F)cc(F)c1F)C(=O)OCC. The first-order valence-corrected chi connectivity index (χ1v) is 6.18. The van der Waals surface area contributed by atoms with Crippen LogP contribution in [0.25, 0.3) is 0 Å². The Kier molecular flexibility index (Phi) is 5.79. The van der Waals surface area contributed by atoms with Crippen LogP contribution in [-0.4, -0.2) is 18.6 Å². The van der Waals surface area contributed by atoms with E-state index < -0.39 is 41.0 Å². The van der Waals surface area contributed by atoms with Gasteiger partial charge < -0.3 is 10.1 Å². The monoisotopic (exact) mass is 293 g/mol. The van der Waals surface area contributed by atoms with Gasteiger partial charge in [0.05, 0.1) is 6.61 Å². The molecule has 0 aromatic heterocycles. The number of rotatable bonds is 6. The molecular formula is C13H15F4NO2. The highest BCUT2D eigenvalue weighted by Crippen LogP contribution is 2.25. The van der Waals surface area contributed by atoms with Crippen LogP contribution < -0.4 is 5.32 Å². The lowest BCUT2D eigenvalue weighted by Gasteiger charge is -2.18. The minimum absolute atomic E-state index is 0.0865. The zero-order valence-electron chi connectivity index (χ0n) is 11.1. The predicted molar refractivity (Wildman–Crippen MR) is 65.2 cm³/mol. The fourth-order valence-corrected chi connectivity index (χ4v) is 1.65. The first-order chi connectivity index (χ1) is 9.42. The van der Waals surface area contributed by atoms with Crippen molar-refractivity contribution >= 4 is 11.7 Å². The number of halogens is 4. The number of hydrogen-bond donors (Lipinski definition) is 1. The third-order valence-electron chi connectivity index (χ3n) is 2.58. The van der Waals surface area contributed by atoms with Crippen LogP contribution in [0.3, 0.4) is 0 Å². The third kappa shape index (κ3) is 3.61. The maximum absolute atomic E-state index is 13.5. The van der Waals surface area contributed by atoms with Gasteiger partial charge in [0.2, 0.25) is 0 Å². The normalized spacial score (nSPS) is 12.1. The average Bonchev–Trinajstić information content (AvgIpc) is 2.40. The molecular weight excluding hydrogens is 278 g/mol. The second kappa shape index (κ2) is 7.12. The second-order valence-corrected chi connectivity index (χ2v) is 4.08. The number of anilines is 1. The van der Waals surface area contributed by atoms with E-state index in [4.69, 9.17) is 4.74 Å². The van der Waals surface area contributed by atoms with Crippen molar-refractivity contribution in [3.8, 4) is 0 Å². The Morgan fingerprint density at radius 2 is 1.75 bits per heavy atom. The molecule has 0 amide bonds. The number of carbonyl (C=O) groups excluding carboxylic acids is 1. The molecule has 1 atom stereocenters. The van der Waals surface area contributed by atoms with Gasteiger partial charge in [0.25, 0.3) is 0 Å². The Balaban J connectivity index is 3.08. The van der Waals surface area contributed by atoms with Crippen LogP contribution in [-0.2, 0) is 9.53 Å². The van der Waals surface area contributed by atoms with E-state index >= 15 is 0 Å².